The second kappa shape index (κ2) is 4.91. The summed E-state index contributed by atoms with van der Waals surface area (Å²) in [6, 6.07) is 0. The lowest BCUT2D eigenvalue weighted by Crippen LogP contribution is -2.13. The molecule has 0 saturated carbocycles. The first kappa shape index (κ1) is 9.40. The summed E-state index contributed by atoms with van der Waals surface area (Å²) in [5.41, 5.74) is 0. The van der Waals surface area contributed by atoms with Crippen LogP contribution in [0.4, 0.5) is 5.82 Å². The molecule has 0 radical (unpaired) electrons. The van der Waals surface area contributed by atoms with Crippen LogP contribution in [0, 0.1) is 5.92 Å². The SMILES string of the molecule is c1cnc(NCCC2CCNC2)cn1. The first-order valence-electron chi connectivity index (χ1n) is 5.16. The van der Waals surface area contributed by atoms with Crippen LogP contribution in [0.2, 0.25) is 0 Å². The van der Waals surface area contributed by atoms with Crippen LogP contribution in [0.3, 0.4) is 0 Å². The summed E-state index contributed by atoms with van der Waals surface area (Å²) in [6.45, 7) is 3.34. The molecule has 2 rings (SSSR count). The maximum absolute atomic E-state index is 4.15. The van der Waals surface area contributed by atoms with Crippen molar-refractivity contribution in [3.8, 4) is 0 Å². The van der Waals surface area contributed by atoms with Crippen LogP contribution >= 0.6 is 0 Å². The first-order valence-corrected chi connectivity index (χ1v) is 5.16. The molecular formula is C10H16N4. The van der Waals surface area contributed by atoms with E-state index in [4.69, 9.17) is 0 Å². The molecule has 0 bridgehead atoms. The molecule has 0 aliphatic carbocycles. The average molecular weight is 192 g/mol. The number of hydrogen-bond donors (Lipinski definition) is 2. The summed E-state index contributed by atoms with van der Waals surface area (Å²) >= 11 is 0. The summed E-state index contributed by atoms with van der Waals surface area (Å²) in [5, 5.41) is 6.64. The van der Waals surface area contributed by atoms with Crippen molar-refractivity contribution in [3.63, 3.8) is 0 Å². The zero-order chi connectivity index (χ0) is 9.64. The van der Waals surface area contributed by atoms with Crippen LogP contribution in [-0.4, -0.2) is 29.6 Å². The third-order valence-corrected chi connectivity index (χ3v) is 2.58. The highest BCUT2D eigenvalue weighted by molar-refractivity contribution is 5.29. The van der Waals surface area contributed by atoms with Gasteiger partial charge in [-0.3, -0.25) is 4.98 Å². The maximum atomic E-state index is 4.15. The van der Waals surface area contributed by atoms with Crippen molar-refractivity contribution in [3.05, 3.63) is 18.6 Å². The number of anilines is 1. The molecule has 1 aromatic rings. The van der Waals surface area contributed by atoms with Gasteiger partial charge < -0.3 is 10.6 Å². The lowest BCUT2D eigenvalue weighted by Gasteiger charge is -2.08. The van der Waals surface area contributed by atoms with Crippen molar-refractivity contribution < 1.29 is 0 Å². The summed E-state index contributed by atoms with van der Waals surface area (Å²) in [7, 11) is 0. The van der Waals surface area contributed by atoms with E-state index in [1.54, 1.807) is 18.6 Å². The summed E-state index contributed by atoms with van der Waals surface area (Å²) in [4.78, 5) is 8.15. The molecule has 1 saturated heterocycles. The highest BCUT2D eigenvalue weighted by atomic mass is 15.0. The molecule has 1 atom stereocenters. The predicted octanol–water partition coefficient (Wildman–Crippen LogP) is 0.888. The fourth-order valence-corrected chi connectivity index (χ4v) is 1.76. The molecule has 4 nitrogen and oxygen atoms in total. The molecule has 1 unspecified atom stereocenters. The van der Waals surface area contributed by atoms with Crippen molar-refractivity contribution in [2.24, 2.45) is 5.92 Å². The normalized spacial score (nSPS) is 21.0. The topological polar surface area (TPSA) is 49.8 Å². The molecule has 1 aromatic heterocycles. The van der Waals surface area contributed by atoms with Gasteiger partial charge in [-0.05, 0) is 31.8 Å². The molecule has 0 aromatic carbocycles. The molecular weight excluding hydrogens is 176 g/mol. The van der Waals surface area contributed by atoms with E-state index in [-0.39, 0.29) is 0 Å². The molecule has 4 heteroatoms. The predicted molar refractivity (Wildman–Crippen MR) is 56.1 cm³/mol. The zero-order valence-corrected chi connectivity index (χ0v) is 8.24. The van der Waals surface area contributed by atoms with Gasteiger partial charge in [0.2, 0.25) is 0 Å². The second-order valence-corrected chi connectivity index (χ2v) is 3.66. The minimum Gasteiger partial charge on any atom is -0.369 e. The fraction of sp³-hybridized carbons (Fsp3) is 0.600. The minimum atomic E-state index is 0.833. The Morgan fingerprint density at radius 3 is 3.21 bits per heavy atom. The Hall–Kier alpha value is -1.16. The van der Waals surface area contributed by atoms with Gasteiger partial charge in [0.15, 0.2) is 0 Å². The molecule has 1 fully saturated rings. The zero-order valence-electron chi connectivity index (χ0n) is 8.24. The van der Waals surface area contributed by atoms with Crippen LogP contribution in [0.5, 0.6) is 0 Å². The van der Waals surface area contributed by atoms with Gasteiger partial charge in [0.25, 0.3) is 0 Å². The van der Waals surface area contributed by atoms with E-state index >= 15 is 0 Å². The lowest BCUT2D eigenvalue weighted by atomic mass is 10.1. The second-order valence-electron chi connectivity index (χ2n) is 3.66. The number of nitrogens with zero attached hydrogens (tertiary/aromatic N) is 2. The lowest BCUT2D eigenvalue weighted by molar-refractivity contribution is 0.549. The summed E-state index contributed by atoms with van der Waals surface area (Å²) < 4.78 is 0. The quantitative estimate of drug-likeness (QED) is 0.743. The minimum absolute atomic E-state index is 0.833. The third-order valence-electron chi connectivity index (χ3n) is 2.58. The molecule has 2 heterocycles. The van der Waals surface area contributed by atoms with Crippen LogP contribution in [0.1, 0.15) is 12.8 Å². The summed E-state index contributed by atoms with van der Waals surface area (Å²) in [5.74, 6) is 1.71. The van der Waals surface area contributed by atoms with Gasteiger partial charge in [0.05, 0.1) is 6.20 Å². The maximum Gasteiger partial charge on any atom is 0.144 e. The van der Waals surface area contributed by atoms with Gasteiger partial charge in [-0.25, -0.2) is 4.98 Å². The van der Waals surface area contributed by atoms with Crippen LogP contribution in [-0.2, 0) is 0 Å². The molecule has 1 aliphatic heterocycles. The molecule has 1 aliphatic rings. The molecule has 2 N–H and O–H groups in total. The van der Waals surface area contributed by atoms with Crippen LogP contribution < -0.4 is 10.6 Å². The van der Waals surface area contributed by atoms with Gasteiger partial charge in [-0.2, -0.15) is 0 Å². The smallest absolute Gasteiger partial charge is 0.144 e. The molecule has 14 heavy (non-hydrogen) atoms. The largest absolute Gasteiger partial charge is 0.369 e. The monoisotopic (exact) mass is 192 g/mol. The highest BCUT2D eigenvalue weighted by Gasteiger charge is 2.13. The Morgan fingerprint density at radius 1 is 1.50 bits per heavy atom. The highest BCUT2D eigenvalue weighted by Crippen LogP contribution is 2.11. The number of nitrogens with one attached hydrogen (secondary N) is 2. The van der Waals surface area contributed by atoms with E-state index < -0.39 is 0 Å². The molecule has 0 amide bonds. The van der Waals surface area contributed by atoms with Gasteiger partial charge >= 0.3 is 0 Å². The first-order chi connectivity index (χ1) is 6.95. The van der Waals surface area contributed by atoms with Crippen LogP contribution in [0.15, 0.2) is 18.6 Å². The Kier molecular flexibility index (Phi) is 3.29. The Bertz CT molecular complexity index is 256. The Morgan fingerprint density at radius 2 is 2.50 bits per heavy atom. The van der Waals surface area contributed by atoms with Crippen molar-refractivity contribution in [1.82, 2.24) is 15.3 Å². The molecule has 76 valence electrons. The van der Waals surface area contributed by atoms with E-state index in [1.807, 2.05) is 0 Å². The van der Waals surface area contributed by atoms with E-state index in [1.165, 1.54) is 25.9 Å². The van der Waals surface area contributed by atoms with Crippen molar-refractivity contribution >= 4 is 5.82 Å². The van der Waals surface area contributed by atoms with Gasteiger partial charge in [0.1, 0.15) is 5.82 Å². The average Bonchev–Trinajstić information content (AvgIpc) is 2.72. The third kappa shape index (κ3) is 2.67. The number of hydrogen-bond acceptors (Lipinski definition) is 4. The Labute approximate surface area is 84.2 Å². The van der Waals surface area contributed by atoms with E-state index in [0.29, 0.717) is 0 Å². The van der Waals surface area contributed by atoms with Crippen LogP contribution in [0.25, 0.3) is 0 Å². The van der Waals surface area contributed by atoms with Gasteiger partial charge in [-0.15, -0.1) is 0 Å². The van der Waals surface area contributed by atoms with Crippen molar-refractivity contribution in [1.29, 1.82) is 0 Å². The van der Waals surface area contributed by atoms with E-state index in [9.17, 15) is 0 Å². The van der Waals surface area contributed by atoms with Crippen molar-refractivity contribution in [2.45, 2.75) is 12.8 Å². The van der Waals surface area contributed by atoms with E-state index in [2.05, 4.69) is 20.6 Å². The van der Waals surface area contributed by atoms with Gasteiger partial charge in [0, 0.05) is 18.9 Å². The fourth-order valence-electron chi connectivity index (χ4n) is 1.76. The van der Waals surface area contributed by atoms with Gasteiger partial charge in [-0.1, -0.05) is 0 Å². The van der Waals surface area contributed by atoms with Crippen molar-refractivity contribution in [2.75, 3.05) is 25.0 Å². The Balaban J connectivity index is 1.67. The molecule has 0 spiro atoms. The standard InChI is InChI=1S/C10H16N4/c1-3-11-7-9(1)2-4-13-10-8-12-5-6-14-10/h5-6,8-9,11H,1-4,7H2,(H,13,14). The number of aromatic nitrogens is 2. The summed E-state index contributed by atoms with van der Waals surface area (Å²) in [6.07, 6.45) is 7.67. The number of rotatable bonds is 4. The van der Waals surface area contributed by atoms with E-state index in [0.717, 1.165) is 18.3 Å².